The molecule has 0 aromatic heterocycles. The molecule has 3 rings (SSSR count). The maximum atomic E-state index is 12.0. The highest BCUT2D eigenvalue weighted by molar-refractivity contribution is 7.99. The molecule has 0 unspecified atom stereocenters. The quantitative estimate of drug-likeness (QED) is 0.796. The smallest absolute Gasteiger partial charge is 0.251 e. The number of anilines is 1. The molecule has 1 aliphatic carbocycles. The van der Waals surface area contributed by atoms with Crippen molar-refractivity contribution in [3.8, 4) is 0 Å². The third-order valence-corrected chi connectivity index (χ3v) is 4.97. The summed E-state index contributed by atoms with van der Waals surface area (Å²) in [6.45, 7) is 2.06. The first-order valence-electron chi connectivity index (χ1n) is 8.44. The van der Waals surface area contributed by atoms with Gasteiger partial charge in [0.25, 0.3) is 5.91 Å². The van der Waals surface area contributed by atoms with Crippen LogP contribution in [0.15, 0.2) is 48.5 Å². The largest absolute Gasteiger partial charge is 0.349 e. The Morgan fingerprint density at radius 1 is 1.04 bits per heavy atom. The van der Waals surface area contributed by atoms with Crippen molar-refractivity contribution < 1.29 is 9.59 Å². The monoisotopic (exact) mass is 354 g/mol. The summed E-state index contributed by atoms with van der Waals surface area (Å²) in [5.41, 5.74) is 3.79. The average molecular weight is 354 g/mol. The van der Waals surface area contributed by atoms with Gasteiger partial charge in [0.2, 0.25) is 5.91 Å². The minimum atomic E-state index is -0.0472. The zero-order valence-electron chi connectivity index (χ0n) is 14.2. The van der Waals surface area contributed by atoms with Crippen LogP contribution in [0.5, 0.6) is 0 Å². The van der Waals surface area contributed by atoms with E-state index in [1.165, 1.54) is 11.1 Å². The second-order valence-corrected chi connectivity index (χ2v) is 7.34. The lowest BCUT2D eigenvalue weighted by Gasteiger charge is -2.07. The van der Waals surface area contributed by atoms with Crippen molar-refractivity contribution in [3.63, 3.8) is 0 Å². The van der Waals surface area contributed by atoms with E-state index in [1.54, 1.807) is 36.0 Å². The number of rotatable bonds is 7. The van der Waals surface area contributed by atoms with Crippen molar-refractivity contribution in [2.45, 2.75) is 31.6 Å². The highest BCUT2D eigenvalue weighted by Crippen LogP contribution is 2.20. The Hall–Kier alpha value is -2.27. The van der Waals surface area contributed by atoms with Crippen molar-refractivity contribution >= 4 is 29.3 Å². The molecular formula is C20H22N2O2S. The summed E-state index contributed by atoms with van der Waals surface area (Å²) in [5.74, 6) is 1.13. The Labute approximate surface area is 152 Å². The second-order valence-electron chi connectivity index (χ2n) is 6.35. The van der Waals surface area contributed by atoms with Gasteiger partial charge in [0.1, 0.15) is 0 Å². The molecule has 0 spiro atoms. The first-order chi connectivity index (χ1) is 12.1. The van der Waals surface area contributed by atoms with E-state index >= 15 is 0 Å². The maximum Gasteiger partial charge on any atom is 0.251 e. The van der Waals surface area contributed by atoms with Crippen LogP contribution >= 0.6 is 11.8 Å². The van der Waals surface area contributed by atoms with Crippen LogP contribution in [0.1, 0.15) is 34.3 Å². The Bertz CT molecular complexity index is 737. The molecule has 25 heavy (non-hydrogen) atoms. The third-order valence-electron chi connectivity index (χ3n) is 3.97. The van der Waals surface area contributed by atoms with Gasteiger partial charge in [-0.05, 0) is 49.6 Å². The predicted octanol–water partition coefficient (Wildman–Crippen LogP) is 3.76. The molecule has 0 bridgehead atoms. The number of thioether (sulfide) groups is 1. The molecule has 2 aromatic carbocycles. The fraction of sp³-hybridized carbons (Fsp3) is 0.300. The first kappa shape index (κ1) is 17.5. The third kappa shape index (κ3) is 5.64. The zero-order valence-corrected chi connectivity index (χ0v) is 15.1. The summed E-state index contributed by atoms with van der Waals surface area (Å²) in [4.78, 5) is 23.9. The zero-order chi connectivity index (χ0) is 17.6. The average Bonchev–Trinajstić information content (AvgIpc) is 3.41. The summed E-state index contributed by atoms with van der Waals surface area (Å²) in [6.07, 6.45) is 2.14. The van der Waals surface area contributed by atoms with Crippen LogP contribution in [0.2, 0.25) is 0 Å². The molecule has 2 aromatic rings. The fourth-order valence-electron chi connectivity index (χ4n) is 2.34. The van der Waals surface area contributed by atoms with Crippen LogP contribution in [-0.2, 0) is 10.5 Å². The van der Waals surface area contributed by atoms with Crippen LogP contribution in [0, 0.1) is 6.92 Å². The highest BCUT2D eigenvalue weighted by atomic mass is 32.2. The lowest BCUT2D eigenvalue weighted by molar-refractivity contribution is -0.113. The van der Waals surface area contributed by atoms with Crippen molar-refractivity contribution in [1.29, 1.82) is 0 Å². The molecule has 0 aliphatic heterocycles. The Balaban J connectivity index is 1.42. The minimum Gasteiger partial charge on any atom is -0.349 e. The van der Waals surface area contributed by atoms with Crippen LogP contribution in [0.4, 0.5) is 5.69 Å². The molecule has 2 amide bonds. The molecule has 0 atom stereocenters. The number of carbonyl (C=O) groups is 2. The van der Waals surface area contributed by atoms with Crippen LogP contribution in [0.3, 0.4) is 0 Å². The van der Waals surface area contributed by atoms with E-state index in [1.807, 2.05) is 0 Å². The van der Waals surface area contributed by atoms with Crippen molar-refractivity contribution in [2.75, 3.05) is 11.1 Å². The number of carbonyl (C=O) groups excluding carboxylic acids is 2. The number of nitrogens with one attached hydrogen (secondary N) is 2. The van der Waals surface area contributed by atoms with Crippen molar-refractivity contribution in [3.05, 3.63) is 65.2 Å². The minimum absolute atomic E-state index is 0.0349. The SMILES string of the molecule is Cc1ccc(CSCC(=O)Nc2ccc(C(=O)NC3CC3)cc2)cc1. The summed E-state index contributed by atoms with van der Waals surface area (Å²) in [7, 11) is 0. The molecular weight excluding hydrogens is 332 g/mol. The Morgan fingerprint density at radius 2 is 1.72 bits per heavy atom. The van der Waals surface area contributed by atoms with E-state index in [-0.39, 0.29) is 11.8 Å². The van der Waals surface area contributed by atoms with E-state index < -0.39 is 0 Å². The molecule has 1 fully saturated rings. The van der Waals surface area contributed by atoms with Gasteiger partial charge in [-0.25, -0.2) is 0 Å². The lowest BCUT2D eigenvalue weighted by atomic mass is 10.2. The molecule has 5 heteroatoms. The lowest BCUT2D eigenvalue weighted by Crippen LogP contribution is -2.25. The fourth-order valence-corrected chi connectivity index (χ4v) is 3.13. The van der Waals surface area contributed by atoms with Crippen molar-refractivity contribution in [1.82, 2.24) is 5.32 Å². The number of aryl methyl sites for hydroxylation is 1. The Kier molecular flexibility index (Phi) is 5.76. The standard InChI is InChI=1S/C20H22N2O2S/c1-14-2-4-15(5-3-14)12-25-13-19(23)21-17-8-6-16(7-9-17)20(24)22-18-10-11-18/h2-9,18H,10-13H2,1H3,(H,21,23)(H,22,24). The normalized spacial score (nSPS) is 13.3. The van der Waals surface area contributed by atoms with E-state index in [2.05, 4.69) is 41.8 Å². The highest BCUT2D eigenvalue weighted by Gasteiger charge is 2.23. The summed E-state index contributed by atoms with van der Waals surface area (Å²) < 4.78 is 0. The van der Waals surface area contributed by atoms with Gasteiger partial charge in [-0.1, -0.05) is 29.8 Å². The molecule has 2 N–H and O–H groups in total. The molecule has 1 saturated carbocycles. The molecule has 0 heterocycles. The van der Waals surface area contributed by atoms with E-state index in [0.29, 0.717) is 23.0 Å². The predicted molar refractivity (Wildman–Crippen MR) is 103 cm³/mol. The van der Waals surface area contributed by atoms with E-state index in [4.69, 9.17) is 0 Å². The van der Waals surface area contributed by atoms with Gasteiger partial charge in [-0.2, -0.15) is 0 Å². The van der Waals surface area contributed by atoms with Gasteiger partial charge in [-0.3, -0.25) is 9.59 Å². The topological polar surface area (TPSA) is 58.2 Å². The summed E-state index contributed by atoms with van der Waals surface area (Å²) in [6, 6.07) is 15.7. The van der Waals surface area contributed by atoms with Gasteiger partial charge < -0.3 is 10.6 Å². The van der Waals surface area contributed by atoms with Gasteiger partial charge in [-0.15, -0.1) is 11.8 Å². The van der Waals surface area contributed by atoms with E-state index in [9.17, 15) is 9.59 Å². The van der Waals surface area contributed by atoms with Crippen LogP contribution < -0.4 is 10.6 Å². The number of hydrogen-bond donors (Lipinski definition) is 2. The number of hydrogen-bond acceptors (Lipinski definition) is 3. The maximum absolute atomic E-state index is 12.0. The molecule has 1 aliphatic rings. The summed E-state index contributed by atoms with van der Waals surface area (Å²) in [5, 5.41) is 5.81. The molecule has 0 radical (unpaired) electrons. The molecule has 0 saturated heterocycles. The van der Waals surface area contributed by atoms with Gasteiger partial charge in [0, 0.05) is 23.0 Å². The summed E-state index contributed by atoms with van der Waals surface area (Å²) >= 11 is 1.59. The molecule has 4 nitrogen and oxygen atoms in total. The van der Waals surface area contributed by atoms with Gasteiger partial charge in [0.15, 0.2) is 0 Å². The Morgan fingerprint density at radius 3 is 2.36 bits per heavy atom. The van der Waals surface area contributed by atoms with Crippen molar-refractivity contribution in [2.24, 2.45) is 0 Å². The van der Waals surface area contributed by atoms with E-state index in [0.717, 1.165) is 18.6 Å². The molecule has 130 valence electrons. The second kappa shape index (κ2) is 8.21. The number of benzene rings is 2. The van der Waals surface area contributed by atoms with Crippen LogP contribution in [-0.4, -0.2) is 23.6 Å². The van der Waals surface area contributed by atoms with Gasteiger partial charge >= 0.3 is 0 Å². The number of amides is 2. The first-order valence-corrected chi connectivity index (χ1v) is 9.60. The van der Waals surface area contributed by atoms with Gasteiger partial charge in [0.05, 0.1) is 5.75 Å². The van der Waals surface area contributed by atoms with Crippen LogP contribution in [0.25, 0.3) is 0 Å².